The maximum Gasteiger partial charge on any atom is 0.305 e. The van der Waals surface area contributed by atoms with Crippen molar-refractivity contribution in [2.75, 3.05) is 0 Å². The first-order valence-corrected chi connectivity index (χ1v) is 6.47. The number of carboxylic acid groups (broad SMARTS) is 1. The molecule has 18 heavy (non-hydrogen) atoms. The van der Waals surface area contributed by atoms with Crippen molar-refractivity contribution in [3.63, 3.8) is 0 Å². The number of carbonyl (C=O) groups is 2. The van der Waals surface area contributed by atoms with Gasteiger partial charge in [-0.05, 0) is 26.0 Å². The third kappa shape index (κ3) is 5.18. The molecular formula is C12H16N2O3S. The van der Waals surface area contributed by atoms with E-state index in [0.717, 1.165) is 5.03 Å². The highest BCUT2D eigenvalue weighted by Gasteiger charge is 2.18. The molecule has 1 heterocycles. The zero-order valence-corrected chi connectivity index (χ0v) is 11.1. The minimum Gasteiger partial charge on any atom is -0.481 e. The molecule has 2 N–H and O–H groups in total. The van der Waals surface area contributed by atoms with Gasteiger partial charge in [-0.3, -0.25) is 9.59 Å². The zero-order valence-electron chi connectivity index (χ0n) is 10.3. The van der Waals surface area contributed by atoms with Crippen molar-refractivity contribution in [1.82, 2.24) is 10.3 Å². The van der Waals surface area contributed by atoms with Gasteiger partial charge in [0.05, 0.1) is 16.7 Å². The lowest BCUT2D eigenvalue weighted by molar-refractivity contribution is -0.137. The van der Waals surface area contributed by atoms with Gasteiger partial charge in [-0.2, -0.15) is 0 Å². The zero-order chi connectivity index (χ0) is 13.5. The van der Waals surface area contributed by atoms with E-state index >= 15 is 0 Å². The van der Waals surface area contributed by atoms with E-state index in [1.54, 1.807) is 20.0 Å². The molecule has 0 aliphatic heterocycles. The van der Waals surface area contributed by atoms with Gasteiger partial charge in [-0.25, -0.2) is 4.98 Å². The van der Waals surface area contributed by atoms with Crippen molar-refractivity contribution in [3.8, 4) is 0 Å². The van der Waals surface area contributed by atoms with Crippen molar-refractivity contribution in [1.29, 1.82) is 0 Å². The summed E-state index contributed by atoms with van der Waals surface area (Å²) < 4.78 is 0. The van der Waals surface area contributed by atoms with Crippen LogP contribution in [0.15, 0.2) is 29.4 Å². The maximum atomic E-state index is 11.8. The Morgan fingerprint density at radius 2 is 2.17 bits per heavy atom. The minimum atomic E-state index is -0.923. The van der Waals surface area contributed by atoms with Crippen LogP contribution in [0, 0.1) is 0 Å². The quantitative estimate of drug-likeness (QED) is 0.765. The topological polar surface area (TPSA) is 79.3 Å². The number of carbonyl (C=O) groups excluding carboxylic acids is 1. The number of carboxylic acids is 1. The summed E-state index contributed by atoms with van der Waals surface area (Å²) in [6.07, 6.45) is 1.59. The molecule has 2 atom stereocenters. The second kappa shape index (κ2) is 7.00. The Bertz CT molecular complexity index is 411. The van der Waals surface area contributed by atoms with E-state index in [-0.39, 0.29) is 23.6 Å². The fourth-order valence-corrected chi connectivity index (χ4v) is 2.14. The van der Waals surface area contributed by atoms with Gasteiger partial charge in [0.25, 0.3) is 0 Å². The number of nitrogens with zero attached hydrogens (tertiary/aromatic N) is 1. The highest BCUT2D eigenvalue weighted by molar-refractivity contribution is 8.00. The van der Waals surface area contributed by atoms with Crippen LogP contribution in [0.25, 0.3) is 0 Å². The molecule has 0 spiro atoms. The second-order valence-electron chi connectivity index (χ2n) is 3.94. The van der Waals surface area contributed by atoms with Crippen molar-refractivity contribution in [2.45, 2.75) is 36.6 Å². The molecule has 0 fully saturated rings. The fourth-order valence-electron chi connectivity index (χ4n) is 1.32. The summed E-state index contributed by atoms with van der Waals surface area (Å²) in [5.41, 5.74) is 0. The Labute approximate surface area is 110 Å². The molecule has 1 amide bonds. The molecule has 0 saturated carbocycles. The van der Waals surface area contributed by atoms with Gasteiger partial charge >= 0.3 is 5.97 Å². The van der Waals surface area contributed by atoms with Crippen molar-refractivity contribution in [3.05, 3.63) is 24.4 Å². The lowest BCUT2D eigenvalue weighted by Crippen LogP contribution is -2.38. The Morgan fingerprint density at radius 3 is 2.72 bits per heavy atom. The molecule has 5 nitrogen and oxygen atoms in total. The van der Waals surface area contributed by atoms with Gasteiger partial charge in [0.2, 0.25) is 5.91 Å². The molecule has 2 unspecified atom stereocenters. The van der Waals surface area contributed by atoms with Crippen LogP contribution in [0.5, 0.6) is 0 Å². The summed E-state index contributed by atoms with van der Waals surface area (Å²) in [5.74, 6) is -1.10. The summed E-state index contributed by atoms with van der Waals surface area (Å²) in [5, 5.41) is 11.7. The molecule has 0 saturated heterocycles. The number of hydrogen-bond donors (Lipinski definition) is 2. The van der Waals surface area contributed by atoms with Crippen LogP contribution in [-0.4, -0.2) is 33.3 Å². The van der Waals surface area contributed by atoms with Gasteiger partial charge in [-0.15, -0.1) is 0 Å². The van der Waals surface area contributed by atoms with Crippen molar-refractivity contribution >= 4 is 23.6 Å². The molecule has 1 aromatic heterocycles. The first kappa shape index (κ1) is 14.5. The summed E-state index contributed by atoms with van der Waals surface area (Å²) >= 11 is 1.34. The van der Waals surface area contributed by atoms with E-state index in [0.29, 0.717) is 0 Å². The average molecular weight is 268 g/mol. The Hall–Kier alpha value is -1.56. The highest BCUT2D eigenvalue weighted by atomic mass is 32.2. The van der Waals surface area contributed by atoms with Crippen LogP contribution in [0.1, 0.15) is 20.3 Å². The third-order valence-corrected chi connectivity index (χ3v) is 3.22. The van der Waals surface area contributed by atoms with Crippen LogP contribution in [-0.2, 0) is 9.59 Å². The third-order valence-electron chi connectivity index (χ3n) is 2.17. The Morgan fingerprint density at radius 1 is 1.44 bits per heavy atom. The Balaban J connectivity index is 2.44. The molecule has 98 valence electrons. The first-order chi connectivity index (χ1) is 8.49. The predicted octanol–water partition coefficient (Wildman–Crippen LogP) is 1.54. The van der Waals surface area contributed by atoms with E-state index < -0.39 is 5.97 Å². The number of thioether (sulfide) groups is 1. The Kier molecular flexibility index (Phi) is 5.64. The summed E-state index contributed by atoms with van der Waals surface area (Å²) in [6, 6.07) is 5.12. The molecule has 0 bridgehead atoms. The van der Waals surface area contributed by atoms with Gasteiger partial charge in [0.15, 0.2) is 0 Å². The van der Waals surface area contributed by atoms with Gasteiger partial charge in [0.1, 0.15) is 0 Å². The smallest absolute Gasteiger partial charge is 0.305 e. The highest BCUT2D eigenvalue weighted by Crippen LogP contribution is 2.20. The minimum absolute atomic E-state index is 0.0767. The first-order valence-electron chi connectivity index (χ1n) is 5.59. The summed E-state index contributed by atoms with van der Waals surface area (Å²) in [7, 11) is 0. The van der Waals surface area contributed by atoms with Crippen LogP contribution in [0.3, 0.4) is 0 Å². The molecule has 1 aromatic rings. The maximum absolute atomic E-state index is 11.8. The molecule has 0 aliphatic rings. The average Bonchev–Trinajstić information content (AvgIpc) is 2.28. The summed E-state index contributed by atoms with van der Waals surface area (Å²) in [6.45, 7) is 3.44. The lowest BCUT2D eigenvalue weighted by atomic mass is 10.2. The lowest BCUT2D eigenvalue weighted by Gasteiger charge is -2.15. The molecule has 0 aliphatic carbocycles. The van der Waals surface area contributed by atoms with Gasteiger partial charge < -0.3 is 10.4 Å². The number of aromatic nitrogens is 1. The SMILES string of the molecule is CC(CC(=O)O)NC(=O)C(C)Sc1ccccn1. The van der Waals surface area contributed by atoms with Crippen LogP contribution >= 0.6 is 11.8 Å². The van der Waals surface area contributed by atoms with E-state index in [4.69, 9.17) is 5.11 Å². The van der Waals surface area contributed by atoms with Crippen molar-refractivity contribution in [2.24, 2.45) is 0 Å². The number of aliphatic carboxylic acids is 1. The number of rotatable bonds is 6. The van der Waals surface area contributed by atoms with Crippen LogP contribution < -0.4 is 5.32 Å². The molecular weight excluding hydrogens is 252 g/mol. The van der Waals surface area contributed by atoms with E-state index in [1.165, 1.54) is 11.8 Å². The van der Waals surface area contributed by atoms with Gasteiger partial charge in [-0.1, -0.05) is 17.8 Å². The van der Waals surface area contributed by atoms with E-state index in [2.05, 4.69) is 10.3 Å². The van der Waals surface area contributed by atoms with Gasteiger partial charge in [0, 0.05) is 12.2 Å². The largest absolute Gasteiger partial charge is 0.481 e. The second-order valence-corrected chi connectivity index (χ2v) is 5.30. The van der Waals surface area contributed by atoms with Crippen LogP contribution in [0.4, 0.5) is 0 Å². The fraction of sp³-hybridized carbons (Fsp3) is 0.417. The van der Waals surface area contributed by atoms with Crippen LogP contribution in [0.2, 0.25) is 0 Å². The molecule has 0 aromatic carbocycles. The standard InChI is InChI=1S/C12H16N2O3S/c1-8(7-11(15)16)14-12(17)9(2)18-10-5-3-4-6-13-10/h3-6,8-9H,7H2,1-2H3,(H,14,17)(H,15,16). The predicted molar refractivity (Wildman–Crippen MR) is 69.4 cm³/mol. The molecule has 6 heteroatoms. The molecule has 1 rings (SSSR count). The number of hydrogen-bond acceptors (Lipinski definition) is 4. The number of pyridine rings is 1. The molecule has 0 radical (unpaired) electrons. The van der Waals surface area contributed by atoms with E-state index in [1.807, 2.05) is 18.2 Å². The number of nitrogens with one attached hydrogen (secondary N) is 1. The van der Waals surface area contributed by atoms with Crippen molar-refractivity contribution < 1.29 is 14.7 Å². The number of amides is 1. The monoisotopic (exact) mass is 268 g/mol. The van der Waals surface area contributed by atoms with E-state index in [9.17, 15) is 9.59 Å². The summed E-state index contributed by atoms with van der Waals surface area (Å²) in [4.78, 5) is 26.4. The normalized spacial score (nSPS) is 13.7.